The minimum atomic E-state index is -1.83. The van der Waals surface area contributed by atoms with Crippen LogP contribution in [0.2, 0.25) is 0 Å². The van der Waals surface area contributed by atoms with Gasteiger partial charge in [0.2, 0.25) is 0 Å². The summed E-state index contributed by atoms with van der Waals surface area (Å²) in [5.41, 5.74) is -1.26. The topological polar surface area (TPSA) is 94.6 Å². The van der Waals surface area contributed by atoms with Crippen LogP contribution in [-0.4, -0.2) is 33.3 Å². The first-order valence-electron chi connectivity index (χ1n) is 5.21. The number of hydrogen-bond donors (Lipinski definition) is 1. The number of aliphatic hydroxyl groups is 1. The zero-order valence-electron chi connectivity index (χ0n) is 9.91. The van der Waals surface area contributed by atoms with Crippen molar-refractivity contribution >= 4 is 17.2 Å². The molecule has 0 fully saturated rings. The molecule has 96 valence electrons. The molecule has 1 unspecified atom stereocenters. The summed E-state index contributed by atoms with van der Waals surface area (Å²) in [6.45, 7) is 0.968. The zero-order valence-corrected chi connectivity index (χ0v) is 9.91. The fourth-order valence-electron chi connectivity index (χ4n) is 1.63. The normalized spacial score (nSPS) is 14.4. The lowest BCUT2D eigenvalue weighted by Crippen LogP contribution is -2.42. The van der Waals surface area contributed by atoms with Gasteiger partial charge >= 0.3 is 11.7 Å². The molecule has 0 aliphatic rings. The average molecular weight is 252 g/mol. The van der Waals surface area contributed by atoms with E-state index >= 15 is 0 Å². The van der Waals surface area contributed by atoms with Gasteiger partial charge in [0.15, 0.2) is 16.8 Å². The summed E-state index contributed by atoms with van der Waals surface area (Å²) in [6, 6.07) is 3.20. The predicted octanol–water partition coefficient (Wildman–Crippen LogP) is -0.0865. The second-order valence-corrected chi connectivity index (χ2v) is 4.04. The number of esters is 1. The molecule has 0 saturated carbocycles. The van der Waals surface area contributed by atoms with Crippen LogP contribution in [0.25, 0.3) is 11.2 Å². The number of carbonyl (C=O) groups excluding carboxylic acids is 1. The van der Waals surface area contributed by atoms with Crippen molar-refractivity contribution in [3.8, 4) is 0 Å². The molecular formula is C11H12N2O5. The molecule has 7 heteroatoms. The summed E-state index contributed by atoms with van der Waals surface area (Å²) in [6.07, 6.45) is 1.49. The molecule has 1 atom stereocenters. The van der Waals surface area contributed by atoms with Crippen molar-refractivity contribution in [3.05, 3.63) is 28.9 Å². The summed E-state index contributed by atoms with van der Waals surface area (Å²) in [5, 5.41) is 9.93. The van der Waals surface area contributed by atoms with E-state index in [9.17, 15) is 14.7 Å². The van der Waals surface area contributed by atoms with Crippen LogP contribution in [0.15, 0.2) is 27.5 Å². The Hall–Kier alpha value is -2.15. The van der Waals surface area contributed by atoms with Crippen LogP contribution in [-0.2, 0) is 16.1 Å². The molecule has 2 rings (SSSR count). The number of hydrogen-bond acceptors (Lipinski definition) is 6. The molecular weight excluding hydrogens is 240 g/mol. The van der Waals surface area contributed by atoms with Gasteiger partial charge in [-0.2, -0.15) is 0 Å². The molecule has 2 heterocycles. The Labute approximate surface area is 102 Å². The maximum Gasteiger partial charge on any atom is 0.421 e. The van der Waals surface area contributed by atoms with Gasteiger partial charge in [0.1, 0.15) is 0 Å². The summed E-state index contributed by atoms with van der Waals surface area (Å²) in [7, 11) is 1.16. The quantitative estimate of drug-likeness (QED) is 0.767. The Kier molecular flexibility index (Phi) is 2.92. The number of ether oxygens (including phenoxy) is 1. The standard InChI is InChI=1S/C11H12N2O5/c1-11(16,9(14)17-2)6-13-8-7(18-10(13)15)4-3-5-12-8/h3-5,16H,6H2,1-2H3. The highest BCUT2D eigenvalue weighted by Gasteiger charge is 2.33. The average Bonchev–Trinajstić information content (AvgIpc) is 2.65. The Bertz CT molecular complexity index is 640. The van der Waals surface area contributed by atoms with Crippen molar-refractivity contribution in [2.75, 3.05) is 7.11 Å². The minimum absolute atomic E-state index is 0.270. The lowest BCUT2D eigenvalue weighted by atomic mass is 10.1. The third-order valence-corrected chi connectivity index (χ3v) is 2.52. The molecule has 0 aliphatic carbocycles. The van der Waals surface area contributed by atoms with Crippen molar-refractivity contribution in [3.63, 3.8) is 0 Å². The summed E-state index contributed by atoms with van der Waals surface area (Å²) < 4.78 is 10.5. The van der Waals surface area contributed by atoms with Gasteiger partial charge in [-0.1, -0.05) is 0 Å². The van der Waals surface area contributed by atoms with Gasteiger partial charge in [0, 0.05) is 6.20 Å². The highest BCUT2D eigenvalue weighted by atomic mass is 16.5. The highest BCUT2D eigenvalue weighted by molar-refractivity contribution is 5.78. The van der Waals surface area contributed by atoms with E-state index in [0.29, 0.717) is 5.58 Å². The number of nitrogens with zero attached hydrogens (tertiary/aromatic N) is 2. The first-order chi connectivity index (χ1) is 8.45. The van der Waals surface area contributed by atoms with Gasteiger partial charge in [-0.05, 0) is 19.1 Å². The van der Waals surface area contributed by atoms with Gasteiger partial charge in [-0.3, -0.25) is 4.57 Å². The number of aromatic nitrogens is 2. The smallest absolute Gasteiger partial charge is 0.421 e. The maximum atomic E-state index is 11.6. The van der Waals surface area contributed by atoms with Gasteiger partial charge in [-0.15, -0.1) is 0 Å². The molecule has 0 bridgehead atoms. The van der Waals surface area contributed by atoms with E-state index < -0.39 is 17.3 Å². The fraction of sp³-hybridized carbons (Fsp3) is 0.364. The van der Waals surface area contributed by atoms with Crippen LogP contribution in [0.4, 0.5) is 0 Å². The molecule has 7 nitrogen and oxygen atoms in total. The van der Waals surface area contributed by atoms with Crippen LogP contribution in [0.1, 0.15) is 6.92 Å². The summed E-state index contributed by atoms with van der Waals surface area (Å²) in [4.78, 5) is 27.0. The minimum Gasteiger partial charge on any atom is -0.467 e. The summed E-state index contributed by atoms with van der Waals surface area (Å²) >= 11 is 0. The summed E-state index contributed by atoms with van der Waals surface area (Å²) in [5.74, 6) is -1.52. The van der Waals surface area contributed by atoms with Crippen molar-refractivity contribution in [1.82, 2.24) is 9.55 Å². The maximum absolute atomic E-state index is 11.6. The van der Waals surface area contributed by atoms with Gasteiger partial charge < -0.3 is 14.3 Å². The Balaban J connectivity index is 2.46. The first-order valence-corrected chi connectivity index (χ1v) is 5.21. The van der Waals surface area contributed by atoms with Crippen LogP contribution < -0.4 is 5.76 Å². The molecule has 0 aromatic carbocycles. The fourth-order valence-corrected chi connectivity index (χ4v) is 1.63. The number of methoxy groups -OCH3 is 1. The van der Waals surface area contributed by atoms with Crippen molar-refractivity contribution in [2.24, 2.45) is 0 Å². The first kappa shape index (κ1) is 12.3. The molecule has 2 aromatic heterocycles. The third kappa shape index (κ3) is 2.00. The van der Waals surface area contributed by atoms with Crippen molar-refractivity contribution in [1.29, 1.82) is 0 Å². The molecule has 2 aromatic rings. The molecule has 0 saturated heterocycles. The van der Waals surface area contributed by atoms with E-state index in [2.05, 4.69) is 9.72 Å². The van der Waals surface area contributed by atoms with E-state index in [1.807, 2.05) is 0 Å². The monoisotopic (exact) mass is 252 g/mol. The number of rotatable bonds is 3. The van der Waals surface area contributed by atoms with E-state index in [4.69, 9.17) is 4.42 Å². The van der Waals surface area contributed by atoms with Gasteiger partial charge in [0.25, 0.3) is 0 Å². The van der Waals surface area contributed by atoms with Crippen LogP contribution in [0.5, 0.6) is 0 Å². The van der Waals surface area contributed by atoms with Gasteiger partial charge in [0.05, 0.1) is 13.7 Å². The van der Waals surface area contributed by atoms with Gasteiger partial charge in [-0.25, -0.2) is 14.6 Å². The Morgan fingerprint density at radius 2 is 2.39 bits per heavy atom. The zero-order chi connectivity index (χ0) is 13.3. The van der Waals surface area contributed by atoms with Crippen molar-refractivity contribution < 1.29 is 19.1 Å². The molecule has 1 N–H and O–H groups in total. The van der Waals surface area contributed by atoms with Crippen LogP contribution >= 0.6 is 0 Å². The molecule has 18 heavy (non-hydrogen) atoms. The highest BCUT2D eigenvalue weighted by Crippen LogP contribution is 2.14. The lowest BCUT2D eigenvalue weighted by molar-refractivity contribution is -0.161. The number of carbonyl (C=O) groups is 1. The molecule has 0 aliphatic heterocycles. The number of fused-ring (bicyclic) bond motifs is 1. The second kappa shape index (κ2) is 4.26. The predicted molar refractivity (Wildman–Crippen MR) is 60.9 cm³/mol. The molecule has 0 amide bonds. The molecule has 0 radical (unpaired) electrons. The van der Waals surface area contributed by atoms with Crippen LogP contribution in [0, 0.1) is 0 Å². The Morgan fingerprint density at radius 1 is 1.67 bits per heavy atom. The van der Waals surface area contributed by atoms with E-state index in [0.717, 1.165) is 11.7 Å². The number of oxazole rings is 1. The SMILES string of the molecule is COC(=O)C(C)(O)Cn1c(=O)oc2cccnc21. The Morgan fingerprint density at radius 3 is 3.06 bits per heavy atom. The van der Waals surface area contributed by atoms with E-state index in [-0.39, 0.29) is 12.2 Å². The third-order valence-electron chi connectivity index (χ3n) is 2.52. The number of pyridine rings is 1. The van der Waals surface area contributed by atoms with E-state index in [1.165, 1.54) is 13.1 Å². The van der Waals surface area contributed by atoms with Crippen LogP contribution in [0.3, 0.4) is 0 Å². The lowest BCUT2D eigenvalue weighted by Gasteiger charge is -2.19. The van der Waals surface area contributed by atoms with E-state index in [1.54, 1.807) is 12.1 Å². The van der Waals surface area contributed by atoms with Crippen molar-refractivity contribution in [2.45, 2.75) is 19.1 Å². The second-order valence-electron chi connectivity index (χ2n) is 4.04. The molecule has 0 spiro atoms. The largest absolute Gasteiger partial charge is 0.467 e.